The third kappa shape index (κ3) is 2.74. The molecule has 1 atom stereocenters. The van der Waals surface area contributed by atoms with Crippen molar-refractivity contribution in [1.29, 1.82) is 0 Å². The smallest absolute Gasteiger partial charge is 0.462 e. The number of aliphatic carboxylic acids is 1. The molecule has 0 saturated carbocycles. The van der Waals surface area contributed by atoms with Gasteiger partial charge in [-0.15, -0.1) is 0 Å². The Bertz CT molecular complexity index is 272. The van der Waals surface area contributed by atoms with Gasteiger partial charge >= 0.3 is 24.2 Å². The highest BCUT2D eigenvalue weighted by atomic mass is 19.4. The van der Waals surface area contributed by atoms with Crippen LogP contribution >= 0.6 is 0 Å². The first-order valence-electron chi connectivity index (χ1n) is 3.56. The lowest BCUT2D eigenvalue weighted by Gasteiger charge is -2.28. The van der Waals surface area contributed by atoms with Crippen molar-refractivity contribution < 1.29 is 45.4 Å². The van der Waals surface area contributed by atoms with Gasteiger partial charge in [0.15, 0.2) is 6.10 Å². The number of hydrogen-bond donors (Lipinski definition) is 1. The maximum absolute atomic E-state index is 12.4. The molecule has 0 radical (unpaired) electrons. The third-order valence-corrected chi connectivity index (χ3v) is 1.39. The lowest BCUT2D eigenvalue weighted by atomic mass is 10.3. The molecule has 1 N–H and O–H groups in total. The molecule has 0 aliphatic rings. The van der Waals surface area contributed by atoms with E-state index in [0.717, 1.165) is 0 Å². The topological polar surface area (TPSA) is 46.5 Å². The van der Waals surface area contributed by atoms with Crippen molar-refractivity contribution >= 4 is 5.97 Å². The predicted molar refractivity (Wildman–Crippen MR) is 34.1 cm³/mol. The number of ether oxygens (including phenoxy) is 1. The third-order valence-electron chi connectivity index (χ3n) is 1.39. The minimum Gasteiger partial charge on any atom is -0.479 e. The van der Waals surface area contributed by atoms with Gasteiger partial charge in [0.2, 0.25) is 0 Å². The molecule has 0 aromatic carbocycles. The monoisotopic (exact) mass is 258 g/mol. The first kappa shape index (κ1) is 14.9. The van der Waals surface area contributed by atoms with Gasteiger partial charge in [-0.1, -0.05) is 0 Å². The fourth-order valence-electron chi connectivity index (χ4n) is 0.511. The maximum atomic E-state index is 12.4. The van der Waals surface area contributed by atoms with Crippen LogP contribution in [-0.4, -0.2) is 35.4 Å². The maximum Gasteiger partial charge on any atom is 0.462 e. The Morgan fingerprint density at radius 3 is 1.75 bits per heavy atom. The molecule has 10 heteroatoms. The largest absolute Gasteiger partial charge is 0.479 e. The molecule has 0 spiro atoms. The van der Waals surface area contributed by atoms with Gasteiger partial charge in [-0.3, -0.25) is 0 Å². The van der Waals surface area contributed by atoms with Crippen molar-refractivity contribution in [3.05, 3.63) is 0 Å². The predicted octanol–water partition coefficient (Wildman–Crippen LogP) is 2.27. The number of halogens is 7. The molecule has 0 aromatic heterocycles. The summed E-state index contributed by atoms with van der Waals surface area (Å²) in [5.74, 6) is -8.57. The molecule has 0 bridgehead atoms. The first-order valence-corrected chi connectivity index (χ1v) is 3.56. The summed E-state index contributed by atoms with van der Waals surface area (Å²) in [7, 11) is 0. The number of alkyl halides is 7. The van der Waals surface area contributed by atoms with Crippen LogP contribution in [0.15, 0.2) is 0 Å². The summed E-state index contributed by atoms with van der Waals surface area (Å²) in [6, 6.07) is 0. The van der Waals surface area contributed by atoms with Crippen molar-refractivity contribution in [3.63, 3.8) is 0 Å². The van der Waals surface area contributed by atoms with Crippen LogP contribution in [0.2, 0.25) is 0 Å². The summed E-state index contributed by atoms with van der Waals surface area (Å²) in [6.07, 6.45) is -15.0. The molecule has 0 aliphatic heterocycles. The molecular weight excluding hydrogens is 253 g/mol. The first-order chi connectivity index (χ1) is 6.83. The average molecular weight is 258 g/mol. The second kappa shape index (κ2) is 4.07. The summed E-state index contributed by atoms with van der Waals surface area (Å²) in [5, 5.41) is 8.03. The van der Waals surface area contributed by atoms with Gasteiger partial charge in [-0.25, -0.2) is 4.79 Å². The molecule has 0 aliphatic carbocycles. The molecule has 0 amide bonds. The van der Waals surface area contributed by atoms with E-state index in [1.807, 2.05) is 0 Å². The van der Waals surface area contributed by atoms with Gasteiger partial charge < -0.3 is 9.84 Å². The zero-order valence-electron chi connectivity index (χ0n) is 7.49. The van der Waals surface area contributed by atoms with E-state index < -0.39 is 30.3 Å². The van der Waals surface area contributed by atoms with Crippen LogP contribution in [0, 0.1) is 0 Å². The van der Waals surface area contributed by atoms with Gasteiger partial charge in [0.05, 0.1) is 0 Å². The number of carboxylic acid groups (broad SMARTS) is 1. The lowest BCUT2D eigenvalue weighted by molar-refractivity contribution is -0.428. The van der Waals surface area contributed by atoms with Gasteiger partial charge in [-0.2, -0.15) is 30.7 Å². The molecule has 3 nitrogen and oxygen atoms in total. The Balaban J connectivity index is 4.99. The molecule has 0 aromatic rings. The number of carboxylic acids is 1. The van der Waals surface area contributed by atoms with Crippen LogP contribution in [0.1, 0.15) is 6.92 Å². The van der Waals surface area contributed by atoms with Crippen LogP contribution in [0.25, 0.3) is 0 Å². The molecular formula is C6H5F7O3. The molecule has 96 valence electrons. The molecule has 16 heavy (non-hydrogen) atoms. The minimum atomic E-state index is -6.55. The summed E-state index contributed by atoms with van der Waals surface area (Å²) in [6.45, 7) is 0.392. The summed E-state index contributed by atoms with van der Waals surface area (Å²) in [4.78, 5) is 9.97. The SMILES string of the molecule is CC(OC(F)(F)C(F)(F)C(F)(F)F)C(=O)O. The van der Waals surface area contributed by atoms with Gasteiger partial charge in [-0.05, 0) is 6.92 Å². The number of hydrogen-bond acceptors (Lipinski definition) is 2. The molecule has 0 saturated heterocycles. The van der Waals surface area contributed by atoms with E-state index >= 15 is 0 Å². The van der Waals surface area contributed by atoms with Crippen LogP contribution in [0.3, 0.4) is 0 Å². The summed E-state index contributed by atoms with van der Waals surface area (Å²) in [5.41, 5.74) is 0. The molecule has 0 fully saturated rings. The highest BCUT2D eigenvalue weighted by molar-refractivity contribution is 5.71. The van der Waals surface area contributed by atoms with Crippen molar-refractivity contribution in [2.45, 2.75) is 31.2 Å². The normalized spacial score (nSPS) is 16.0. The fraction of sp³-hybridized carbons (Fsp3) is 0.833. The van der Waals surface area contributed by atoms with Crippen LogP contribution in [0.5, 0.6) is 0 Å². The minimum absolute atomic E-state index is 0.392. The molecule has 0 rings (SSSR count). The van der Waals surface area contributed by atoms with Crippen LogP contribution < -0.4 is 0 Å². The standard InChI is InChI=1S/C6H5F7O3/c1-2(3(14)15)16-6(12,13)4(7,8)5(9,10)11/h2H,1H3,(H,14,15). The van der Waals surface area contributed by atoms with Crippen LogP contribution in [0.4, 0.5) is 30.7 Å². The van der Waals surface area contributed by atoms with E-state index in [9.17, 15) is 35.5 Å². The Morgan fingerprint density at radius 2 is 1.50 bits per heavy atom. The Morgan fingerprint density at radius 1 is 1.12 bits per heavy atom. The highest BCUT2D eigenvalue weighted by Gasteiger charge is 2.75. The van der Waals surface area contributed by atoms with E-state index in [0.29, 0.717) is 6.92 Å². The highest BCUT2D eigenvalue weighted by Crippen LogP contribution is 2.47. The summed E-state index contributed by atoms with van der Waals surface area (Å²) < 4.78 is 86.4. The van der Waals surface area contributed by atoms with E-state index in [1.54, 1.807) is 0 Å². The van der Waals surface area contributed by atoms with E-state index in [4.69, 9.17) is 5.11 Å². The van der Waals surface area contributed by atoms with Crippen molar-refractivity contribution in [3.8, 4) is 0 Å². The second-order valence-corrected chi connectivity index (χ2v) is 2.69. The molecule has 1 unspecified atom stereocenters. The second-order valence-electron chi connectivity index (χ2n) is 2.69. The van der Waals surface area contributed by atoms with Crippen molar-refractivity contribution in [2.24, 2.45) is 0 Å². The average Bonchev–Trinajstić information content (AvgIpc) is 2.00. The fourth-order valence-corrected chi connectivity index (χ4v) is 0.511. The molecule has 0 heterocycles. The zero-order valence-corrected chi connectivity index (χ0v) is 7.49. The van der Waals surface area contributed by atoms with E-state index in [-0.39, 0.29) is 0 Å². The quantitative estimate of drug-likeness (QED) is 0.787. The summed E-state index contributed by atoms with van der Waals surface area (Å²) >= 11 is 0. The van der Waals surface area contributed by atoms with Gasteiger partial charge in [0.1, 0.15) is 0 Å². The Labute approximate surface area is 83.8 Å². The van der Waals surface area contributed by atoms with E-state index in [1.165, 1.54) is 0 Å². The van der Waals surface area contributed by atoms with Gasteiger partial charge in [0, 0.05) is 0 Å². The lowest BCUT2D eigenvalue weighted by Crippen LogP contribution is -2.55. The van der Waals surface area contributed by atoms with E-state index in [2.05, 4.69) is 4.74 Å². The van der Waals surface area contributed by atoms with Crippen molar-refractivity contribution in [2.75, 3.05) is 0 Å². The zero-order chi connectivity index (χ0) is 13.4. The number of rotatable bonds is 4. The van der Waals surface area contributed by atoms with Crippen molar-refractivity contribution in [1.82, 2.24) is 0 Å². The Kier molecular flexibility index (Phi) is 3.80. The van der Waals surface area contributed by atoms with Crippen LogP contribution in [-0.2, 0) is 9.53 Å². The number of carbonyl (C=O) groups is 1. The Hall–Kier alpha value is -1.06. The van der Waals surface area contributed by atoms with Gasteiger partial charge in [0.25, 0.3) is 0 Å².